The maximum Gasteiger partial charge on any atom is 0.196 e. The normalized spacial score (nSPS) is 14.3. The van der Waals surface area contributed by atoms with Gasteiger partial charge < -0.3 is 20.1 Å². The minimum absolute atomic E-state index is 0.569. The summed E-state index contributed by atoms with van der Waals surface area (Å²) in [7, 11) is 0. The summed E-state index contributed by atoms with van der Waals surface area (Å²) in [4.78, 5) is 4.36. The number of anilines is 1. The van der Waals surface area contributed by atoms with E-state index >= 15 is 0 Å². The van der Waals surface area contributed by atoms with Crippen molar-refractivity contribution < 1.29 is 9.47 Å². The summed E-state index contributed by atoms with van der Waals surface area (Å²) in [5, 5.41) is 6.42. The summed E-state index contributed by atoms with van der Waals surface area (Å²) >= 11 is 0. The fourth-order valence-electron chi connectivity index (χ4n) is 1.84. The molecule has 1 aromatic rings. The molecule has 0 bridgehead atoms. The molecule has 1 aliphatic rings. The SMILES string of the molecule is C=CCN=C(NCC)Nc1ccc2c(c1)OCCCO2. The second kappa shape index (κ2) is 7.43. The fraction of sp³-hybridized carbons (Fsp3) is 0.400. The molecule has 5 heteroatoms. The van der Waals surface area contributed by atoms with E-state index in [2.05, 4.69) is 22.2 Å². The van der Waals surface area contributed by atoms with Crippen LogP contribution in [0.3, 0.4) is 0 Å². The molecule has 2 rings (SSSR count). The number of guanidine groups is 1. The smallest absolute Gasteiger partial charge is 0.196 e. The Morgan fingerprint density at radius 2 is 2.15 bits per heavy atom. The van der Waals surface area contributed by atoms with Gasteiger partial charge in [0, 0.05) is 24.7 Å². The number of hydrogen-bond donors (Lipinski definition) is 2. The van der Waals surface area contributed by atoms with E-state index in [1.807, 2.05) is 25.1 Å². The predicted molar refractivity (Wildman–Crippen MR) is 81.8 cm³/mol. The number of nitrogens with zero attached hydrogens (tertiary/aromatic N) is 1. The molecule has 0 atom stereocenters. The lowest BCUT2D eigenvalue weighted by molar-refractivity contribution is 0.297. The highest BCUT2D eigenvalue weighted by Gasteiger charge is 2.11. The maximum absolute atomic E-state index is 5.67. The highest BCUT2D eigenvalue weighted by Crippen LogP contribution is 2.32. The molecule has 5 nitrogen and oxygen atoms in total. The summed E-state index contributed by atoms with van der Waals surface area (Å²) in [6.45, 7) is 8.44. The van der Waals surface area contributed by atoms with E-state index in [1.54, 1.807) is 6.08 Å². The lowest BCUT2D eigenvalue weighted by atomic mass is 10.3. The van der Waals surface area contributed by atoms with Crippen molar-refractivity contribution in [2.75, 3.05) is 31.6 Å². The zero-order valence-corrected chi connectivity index (χ0v) is 11.8. The van der Waals surface area contributed by atoms with Gasteiger partial charge in [-0.2, -0.15) is 0 Å². The molecule has 0 saturated heterocycles. The third kappa shape index (κ3) is 3.91. The van der Waals surface area contributed by atoms with Crippen molar-refractivity contribution in [2.45, 2.75) is 13.3 Å². The summed E-state index contributed by atoms with van der Waals surface area (Å²) in [6.07, 6.45) is 2.66. The van der Waals surface area contributed by atoms with Gasteiger partial charge in [0.1, 0.15) is 0 Å². The van der Waals surface area contributed by atoms with Gasteiger partial charge in [-0.1, -0.05) is 6.08 Å². The molecular formula is C15H21N3O2. The molecule has 20 heavy (non-hydrogen) atoms. The first-order valence-electron chi connectivity index (χ1n) is 6.89. The van der Waals surface area contributed by atoms with Crippen LogP contribution in [0, 0.1) is 0 Å². The topological polar surface area (TPSA) is 54.9 Å². The second-order valence-electron chi connectivity index (χ2n) is 4.35. The van der Waals surface area contributed by atoms with Gasteiger partial charge >= 0.3 is 0 Å². The number of hydrogen-bond acceptors (Lipinski definition) is 3. The molecule has 108 valence electrons. The van der Waals surface area contributed by atoms with Crippen LogP contribution in [-0.4, -0.2) is 32.3 Å². The monoisotopic (exact) mass is 275 g/mol. The first kappa shape index (κ1) is 14.2. The van der Waals surface area contributed by atoms with Crippen LogP contribution in [0.15, 0.2) is 35.8 Å². The van der Waals surface area contributed by atoms with E-state index in [1.165, 1.54) is 0 Å². The Labute approximate surface area is 119 Å². The van der Waals surface area contributed by atoms with Crippen LogP contribution in [0.5, 0.6) is 11.5 Å². The second-order valence-corrected chi connectivity index (χ2v) is 4.35. The van der Waals surface area contributed by atoms with Gasteiger partial charge in [0.05, 0.1) is 19.8 Å². The lowest BCUT2D eigenvalue weighted by Crippen LogP contribution is -2.30. The van der Waals surface area contributed by atoms with Gasteiger partial charge in [-0.3, -0.25) is 0 Å². The molecule has 0 aromatic heterocycles. The van der Waals surface area contributed by atoms with Gasteiger partial charge in [-0.25, -0.2) is 4.99 Å². The zero-order chi connectivity index (χ0) is 14.2. The van der Waals surface area contributed by atoms with Gasteiger partial charge in [0.2, 0.25) is 0 Å². The molecule has 1 aromatic carbocycles. The number of nitrogens with one attached hydrogen (secondary N) is 2. The minimum Gasteiger partial charge on any atom is -0.490 e. The summed E-state index contributed by atoms with van der Waals surface area (Å²) in [6, 6.07) is 5.80. The van der Waals surface area contributed by atoms with Gasteiger partial charge in [0.25, 0.3) is 0 Å². The number of ether oxygens (including phenoxy) is 2. The number of rotatable bonds is 4. The van der Waals surface area contributed by atoms with Crippen molar-refractivity contribution in [3.05, 3.63) is 30.9 Å². The fourth-order valence-corrected chi connectivity index (χ4v) is 1.84. The molecule has 1 heterocycles. The van der Waals surface area contributed by atoms with Crippen LogP contribution in [0.25, 0.3) is 0 Å². The van der Waals surface area contributed by atoms with E-state index in [4.69, 9.17) is 9.47 Å². The highest BCUT2D eigenvalue weighted by atomic mass is 16.5. The highest BCUT2D eigenvalue weighted by molar-refractivity contribution is 5.94. The Balaban J connectivity index is 2.11. The van der Waals surface area contributed by atoms with E-state index in [0.29, 0.717) is 19.8 Å². The Hall–Kier alpha value is -2.17. The van der Waals surface area contributed by atoms with Crippen LogP contribution in [0.1, 0.15) is 13.3 Å². The van der Waals surface area contributed by atoms with E-state index in [-0.39, 0.29) is 0 Å². The number of benzene rings is 1. The first-order chi connectivity index (χ1) is 9.83. The molecule has 0 unspecified atom stereocenters. The molecule has 0 spiro atoms. The van der Waals surface area contributed by atoms with Crippen molar-refractivity contribution in [3.63, 3.8) is 0 Å². The number of fused-ring (bicyclic) bond motifs is 1. The van der Waals surface area contributed by atoms with Crippen molar-refractivity contribution in [2.24, 2.45) is 4.99 Å². The standard InChI is InChI=1S/C15H21N3O2/c1-3-8-17-15(16-4-2)18-12-6-7-13-14(11-12)20-10-5-9-19-13/h3,6-7,11H,1,4-5,8-10H2,2H3,(H2,16,17,18). The van der Waals surface area contributed by atoms with E-state index < -0.39 is 0 Å². The van der Waals surface area contributed by atoms with Crippen molar-refractivity contribution in [1.82, 2.24) is 5.32 Å². The summed E-state index contributed by atoms with van der Waals surface area (Å²) < 4.78 is 11.3. The van der Waals surface area contributed by atoms with Crippen LogP contribution in [-0.2, 0) is 0 Å². The van der Waals surface area contributed by atoms with Crippen LogP contribution in [0.2, 0.25) is 0 Å². The summed E-state index contributed by atoms with van der Waals surface area (Å²) in [5.41, 5.74) is 0.915. The average molecular weight is 275 g/mol. The minimum atomic E-state index is 0.569. The average Bonchev–Trinajstić information content (AvgIpc) is 2.69. The van der Waals surface area contributed by atoms with Gasteiger partial charge in [0.15, 0.2) is 17.5 Å². The Bertz CT molecular complexity index is 486. The molecule has 0 aliphatic carbocycles. The van der Waals surface area contributed by atoms with Crippen LogP contribution in [0.4, 0.5) is 5.69 Å². The molecule has 1 aliphatic heterocycles. The zero-order valence-electron chi connectivity index (χ0n) is 11.8. The Morgan fingerprint density at radius 3 is 2.90 bits per heavy atom. The summed E-state index contributed by atoms with van der Waals surface area (Å²) in [5.74, 6) is 2.29. The lowest BCUT2D eigenvalue weighted by Gasteiger charge is -2.13. The Kier molecular flexibility index (Phi) is 5.29. The first-order valence-corrected chi connectivity index (χ1v) is 6.89. The molecular weight excluding hydrogens is 254 g/mol. The van der Waals surface area contributed by atoms with Crippen molar-refractivity contribution in [1.29, 1.82) is 0 Å². The molecule has 0 radical (unpaired) electrons. The van der Waals surface area contributed by atoms with Crippen LogP contribution < -0.4 is 20.1 Å². The van der Waals surface area contributed by atoms with E-state index in [0.717, 1.165) is 36.1 Å². The Morgan fingerprint density at radius 1 is 1.35 bits per heavy atom. The van der Waals surface area contributed by atoms with Crippen LogP contribution >= 0.6 is 0 Å². The molecule has 2 N–H and O–H groups in total. The largest absolute Gasteiger partial charge is 0.490 e. The van der Waals surface area contributed by atoms with Gasteiger partial charge in [-0.15, -0.1) is 6.58 Å². The maximum atomic E-state index is 5.67. The third-order valence-corrected chi connectivity index (χ3v) is 2.73. The molecule has 0 fully saturated rings. The van der Waals surface area contributed by atoms with Crippen molar-refractivity contribution in [3.8, 4) is 11.5 Å². The molecule has 0 amide bonds. The molecule has 0 saturated carbocycles. The van der Waals surface area contributed by atoms with Crippen molar-refractivity contribution >= 4 is 11.6 Å². The predicted octanol–water partition coefficient (Wildman–Crippen LogP) is 2.41. The number of aliphatic imine (C=N–C) groups is 1. The quantitative estimate of drug-likeness (QED) is 0.503. The third-order valence-electron chi connectivity index (χ3n) is 2.73. The van der Waals surface area contributed by atoms with Gasteiger partial charge in [-0.05, 0) is 19.1 Å². The van der Waals surface area contributed by atoms with E-state index in [9.17, 15) is 0 Å².